The molecule has 2 N–H and O–H groups in total. The van der Waals surface area contributed by atoms with E-state index >= 15 is 0 Å². The summed E-state index contributed by atoms with van der Waals surface area (Å²) in [6.07, 6.45) is 3.25. The monoisotopic (exact) mass is 196 g/mol. The van der Waals surface area contributed by atoms with Crippen LogP contribution in [0.5, 0.6) is 0 Å². The van der Waals surface area contributed by atoms with Crippen molar-refractivity contribution in [3.8, 4) is 0 Å². The van der Waals surface area contributed by atoms with E-state index in [9.17, 15) is 0 Å². The van der Waals surface area contributed by atoms with E-state index in [2.05, 4.69) is 15.0 Å². The van der Waals surface area contributed by atoms with Gasteiger partial charge in [-0.25, -0.2) is 15.0 Å². The molecule has 0 saturated carbocycles. The number of hydrogen-bond acceptors (Lipinski definition) is 4. The largest absolute Gasteiger partial charge is 0.382 e. The van der Waals surface area contributed by atoms with Crippen LogP contribution in [0.15, 0.2) is 36.8 Å². The Balaban J connectivity index is 2.64. The number of nitrogens with two attached hydrogens (primary N) is 1. The van der Waals surface area contributed by atoms with Gasteiger partial charge in [-0.15, -0.1) is 0 Å². The molecule has 72 valence electrons. The smallest absolute Gasteiger partial charge is 0.150 e. The van der Waals surface area contributed by atoms with Crippen LogP contribution in [-0.2, 0) is 0 Å². The minimum absolute atomic E-state index is 0.450. The first-order valence-corrected chi connectivity index (χ1v) is 4.60. The van der Waals surface area contributed by atoms with E-state index in [1.54, 1.807) is 6.20 Å². The van der Waals surface area contributed by atoms with Gasteiger partial charge in [0.15, 0.2) is 5.82 Å². The van der Waals surface area contributed by atoms with Crippen LogP contribution in [0.1, 0.15) is 0 Å². The van der Waals surface area contributed by atoms with Crippen molar-refractivity contribution in [3.05, 3.63) is 36.8 Å². The quantitative estimate of drug-likeness (QED) is 0.556. The van der Waals surface area contributed by atoms with Crippen LogP contribution in [0.3, 0.4) is 0 Å². The Bertz CT molecular complexity index is 648. The lowest BCUT2D eigenvalue weighted by Crippen LogP contribution is -1.95. The highest BCUT2D eigenvalue weighted by Gasteiger charge is 2.05. The van der Waals surface area contributed by atoms with E-state index < -0.39 is 0 Å². The number of nitrogens with zero attached hydrogens (tertiary/aromatic N) is 3. The molecule has 0 fully saturated rings. The molecule has 2 aromatic heterocycles. The van der Waals surface area contributed by atoms with Crippen molar-refractivity contribution in [2.75, 3.05) is 5.73 Å². The van der Waals surface area contributed by atoms with Crippen LogP contribution < -0.4 is 5.73 Å². The van der Waals surface area contributed by atoms with Gasteiger partial charge in [0.25, 0.3) is 0 Å². The number of fused-ring (bicyclic) bond motifs is 3. The number of rotatable bonds is 0. The van der Waals surface area contributed by atoms with Crippen molar-refractivity contribution in [1.29, 1.82) is 0 Å². The van der Waals surface area contributed by atoms with Crippen LogP contribution in [0.25, 0.3) is 21.8 Å². The van der Waals surface area contributed by atoms with Crippen LogP contribution in [0.2, 0.25) is 0 Å². The summed E-state index contributed by atoms with van der Waals surface area (Å²) in [5.74, 6) is 0.450. The third-order valence-electron chi connectivity index (χ3n) is 2.39. The highest BCUT2D eigenvalue weighted by Crippen LogP contribution is 2.24. The van der Waals surface area contributed by atoms with Crippen molar-refractivity contribution < 1.29 is 0 Å². The van der Waals surface area contributed by atoms with E-state index in [1.807, 2.05) is 24.3 Å². The first-order valence-electron chi connectivity index (χ1n) is 4.60. The molecule has 0 spiro atoms. The third kappa shape index (κ3) is 1.11. The van der Waals surface area contributed by atoms with Gasteiger partial charge in [0.2, 0.25) is 0 Å². The molecule has 0 bridgehead atoms. The van der Waals surface area contributed by atoms with Crippen molar-refractivity contribution in [1.82, 2.24) is 15.0 Å². The van der Waals surface area contributed by atoms with Crippen molar-refractivity contribution in [3.63, 3.8) is 0 Å². The lowest BCUT2D eigenvalue weighted by Gasteiger charge is -2.03. The van der Waals surface area contributed by atoms with Gasteiger partial charge in [-0.1, -0.05) is 18.2 Å². The molecular formula is C11H8N4. The Labute approximate surface area is 85.8 Å². The number of nitrogen functional groups attached to an aromatic ring is 1. The van der Waals surface area contributed by atoms with E-state index in [1.165, 1.54) is 6.33 Å². The molecule has 4 heteroatoms. The highest BCUT2D eigenvalue weighted by molar-refractivity contribution is 6.07. The van der Waals surface area contributed by atoms with Gasteiger partial charge in [0, 0.05) is 17.0 Å². The molecule has 0 unspecified atom stereocenters. The zero-order valence-corrected chi connectivity index (χ0v) is 7.88. The molecule has 2 heterocycles. The summed E-state index contributed by atoms with van der Waals surface area (Å²) in [7, 11) is 0. The Morgan fingerprint density at radius 3 is 2.87 bits per heavy atom. The Kier molecular flexibility index (Phi) is 1.56. The highest BCUT2D eigenvalue weighted by atomic mass is 14.9. The zero-order chi connectivity index (χ0) is 10.3. The summed E-state index contributed by atoms with van der Waals surface area (Å²) < 4.78 is 0. The lowest BCUT2D eigenvalue weighted by molar-refractivity contribution is 1.22. The number of pyridine rings is 1. The van der Waals surface area contributed by atoms with Crippen LogP contribution >= 0.6 is 0 Å². The number of para-hydroxylation sites is 1. The van der Waals surface area contributed by atoms with Gasteiger partial charge in [-0.3, -0.25) is 0 Å². The third-order valence-corrected chi connectivity index (χ3v) is 2.39. The van der Waals surface area contributed by atoms with Gasteiger partial charge >= 0.3 is 0 Å². The molecule has 0 radical (unpaired) electrons. The number of hydrogen-bond donors (Lipinski definition) is 1. The Morgan fingerprint density at radius 2 is 1.93 bits per heavy atom. The Morgan fingerprint density at radius 1 is 1.07 bits per heavy atom. The van der Waals surface area contributed by atoms with Crippen molar-refractivity contribution in [2.45, 2.75) is 0 Å². The predicted molar refractivity (Wildman–Crippen MR) is 59.3 cm³/mol. The summed E-state index contributed by atoms with van der Waals surface area (Å²) in [5, 5.41) is 1.97. The van der Waals surface area contributed by atoms with Gasteiger partial charge in [0.05, 0.1) is 5.52 Å². The normalized spacial score (nSPS) is 10.9. The second-order valence-corrected chi connectivity index (χ2v) is 3.30. The minimum Gasteiger partial charge on any atom is -0.382 e. The maximum absolute atomic E-state index is 5.82. The molecule has 0 aliphatic rings. The van der Waals surface area contributed by atoms with Crippen LogP contribution in [0.4, 0.5) is 5.82 Å². The molecule has 0 atom stereocenters. The van der Waals surface area contributed by atoms with Gasteiger partial charge < -0.3 is 5.73 Å². The molecule has 4 nitrogen and oxygen atoms in total. The molecule has 3 rings (SSSR count). The average molecular weight is 196 g/mol. The maximum atomic E-state index is 5.82. The average Bonchev–Trinajstić information content (AvgIpc) is 2.30. The zero-order valence-electron chi connectivity index (χ0n) is 7.88. The van der Waals surface area contributed by atoms with E-state index in [0.717, 1.165) is 16.3 Å². The van der Waals surface area contributed by atoms with Crippen LogP contribution in [0, 0.1) is 0 Å². The number of benzene rings is 1. The summed E-state index contributed by atoms with van der Waals surface area (Å²) in [6, 6.07) is 7.82. The topological polar surface area (TPSA) is 64.7 Å². The Hall–Kier alpha value is -2.23. The first-order chi connectivity index (χ1) is 7.36. The molecular weight excluding hydrogens is 188 g/mol. The predicted octanol–water partition coefficient (Wildman–Crippen LogP) is 1.76. The molecule has 1 aromatic carbocycles. The molecule has 0 amide bonds. The standard InChI is InChI=1S/C11H8N4/c12-11-10-8(5-13-6-14-10)7-3-1-2-4-9(7)15-11/h1-6H,(H2,12,15). The van der Waals surface area contributed by atoms with Crippen molar-refractivity contribution in [2.24, 2.45) is 0 Å². The first kappa shape index (κ1) is 8.11. The van der Waals surface area contributed by atoms with E-state index in [-0.39, 0.29) is 0 Å². The van der Waals surface area contributed by atoms with Gasteiger partial charge in [-0.05, 0) is 6.07 Å². The number of aromatic nitrogens is 3. The fourth-order valence-electron chi connectivity index (χ4n) is 1.71. The summed E-state index contributed by atoms with van der Waals surface area (Å²) in [6.45, 7) is 0. The number of anilines is 1. The van der Waals surface area contributed by atoms with E-state index in [0.29, 0.717) is 11.3 Å². The molecule has 0 saturated heterocycles. The molecule has 0 aliphatic carbocycles. The fraction of sp³-hybridized carbons (Fsp3) is 0. The second kappa shape index (κ2) is 2.88. The van der Waals surface area contributed by atoms with Crippen LogP contribution in [-0.4, -0.2) is 15.0 Å². The molecule has 15 heavy (non-hydrogen) atoms. The lowest BCUT2D eigenvalue weighted by atomic mass is 10.1. The summed E-state index contributed by atoms with van der Waals surface area (Å²) in [5.41, 5.74) is 7.41. The van der Waals surface area contributed by atoms with E-state index in [4.69, 9.17) is 5.73 Å². The van der Waals surface area contributed by atoms with Gasteiger partial charge in [0.1, 0.15) is 11.8 Å². The molecule has 0 aliphatic heterocycles. The summed E-state index contributed by atoms with van der Waals surface area (Å²) >= 11 is 0. The maximum Gasteiger partial charge on any atom is 0.150 e. The van der Waals surface area contributed by atoms with Gasteiger partial charge in [-0.2, -0.15) is 0 Å². The minimum atomic E-state index is 0.450. The summed E-state index contributed by atoms with van der Waals surface area (Å²) in [4.78, 5) is 12.4. The molecule has 3 aromatic rings. The fourth-order valence-corrected chi connectivity index (χ4v) is 1.71. The SMILES string of the molecule is Nc1nc2ccccc2c2cncnc12. The second-order valence-electron chi connectivity index (χ2n) is 3.30. The van der Waals surface area contributed by atoms with Crippen molar-refractivity contribution >= 4 is 27.6 Å².